The number of nitrogens with zero attached hydrogens (tertiary/aromatic N) is 2. The summed E-state index contributed by atoms with van der Waals surface area (Å²) in [6.07, 6.45) is 3.65. The molecule has 1 aromatic heterocycles. The van der Waals surface area contributed by atoms with Crippen LogP contribution in [0.1, 0.15) is 5.56 Å². The quantitative estimate of drug-likeness (QED) is 0.749. The van der Waals surface area contributed by atoms with E-state index in [0.29, 0.717) is 6.54 Å². The first-order valence-corrected chi connectivity index (χ1v) is 6.90. The number of halogens is 1. The summed E-state index contributed by atoms with van der Waals surface area (Å²) in [6.45, 7) is 0.526. The number of hydrogen-bond donors (Lipinski definition) is 1. The molecule has 0 atom stereocenters. The van der Waals surface area contributed by atoms with Crippen molar-refractivity contribution in [3.63, 3.8) is 0 Å². The van der Waals surface area contributed by atoms with Gasteiger partial charge in [-0.1, -0.05) is 11.8 Å². The van der Waals surface area contributed by atoms with Crippen molar-refractivity contribution in [2.24, 2.45) is 0 Å². The Morgan fingerprint density at radius 1 is 1.05 bits per heavy atom. The molecule has 3 aromatic rings. The zero-order chi connectivity index (χ0) is 15.2. The summed E-state index contributed by atoms with van der Waals surface area (Å²) in [5, 5.41) is 7.40. The Labute approximate surface area is 128 Å². The van der Waals surface area contributed by atoms with E-state index in [9.17, 15) is 4.39 Å². The number of nitrogens with one attached hydrogen (secondary N) is 1. The van der Waals surface area contributed by atoms with Crippen LogP contribution in [0.5, 0.6) is 0 Å². The molecule has 0 fully saturated rings. The molecular weight excluding hydrogens is 277 g/mol. The minimum Gasteiger partial charge on any atom is -0.374 e. The first-order chi connectivity index (χ1) is 10.8. The molecule has 0 aliphatic heterocycles. The van der Waals surface area contributed by atoms with Crippen LogP contribution in [0, 0.1) is 17.7 Å². The molecule has 3 nitrogen and oxygen atoms in total. The Morgan fingerprint density at radius 3 is 2.50 bits per heavy atom. The minimum absolute atomic E-state index is 0.249. The van der Waals surface area contributed by atoms with Crippen LogP contribution in [-0.4, -0.2) is 16.3 Å². The van der Waals surface area contributed by atoms with Gasteiger partial charge in [0, 0.05) is 23.6 Å². The average molecular weight is 291 g/mol. The maximum Gasteiger partial charge on any atom is 0.123 e. The molecule has 1 heterocycles. The van der Waals surface area contributed by atoms with Gasteiger partial charge in [0.25, 0.3) is 0 Å². The molecule has 4 heteroatoms. The summed E-state index contributed by atoms with van der Waals surface area (Å²) in [5.74, 6) is 5.74. The molecule has 0 unspecified atom stereocenters. The van der Waals surface area contributed by atoms with Crippen molar-refractivity contribution in [1.82, 2.24) is 9.78 Å². The second-order valence-electron chi connectivity index (χ2n) is 4.66. The Kier molecular flexibility index (Phi) is 4.17. The molecule has 0 saturated carbocycles. The monoisotopic (exact) mass is 291 g/mol. The van der Waals surface area contributed by atoms with Gasteiger partial charge in [-0.2, -0.15) is 5.10 Å². The summed E-state index contributed by atoms with van der Waals surface area (Å²) >= 11 is 0. The van der Waals surface area contributed by atoms with Gasteiger partial charge in [-0.15, -0.1) is 0 Å². The Hall–Kier alpha value is -3.06. The minimum atomic E-state index is -0.249. The van der Waals surface area contributed by atoms with Crippen LogP contribution in [0.25, 0.3) is 5.69 Å². The lowest BCUT2D eigenvalue weighted by Gasteiger charge is -2.04. The fourth-order valence-corrected chi connectivity index (χ4v) is 1.98. The summed E-state index contributed by atoms with van der Waals surface area (Å²) < 4.78 is 14.6. The van der Waals surface area contributed by atoms with E-state index in [0.717, 1.165) is 16.9 Å². The first kappa shape index (κ1) is 13.9. The molecule has 0 saturated heterocycles. The highest BCUT2D eigenvalue weighted by atomic mass is 19.1. The first-order valence-electron chi connectivity index (χ1n) is 6.90. The Bertz CT molecular complexity index is 779. The maximum atomic E-state index is 12.8. The van der Waals surface area contributed by atoms with Crippen molar-refractivity contribution in [1.29, 1.82) is 0 Å². The zero-order valence-electron chi connectivity index (χ0n) is 11.8. The summed E-state index contributed by atoms with van der Waals surface area (Å²) in [5.41, 5.74) is 2.80. The third kappa shape index (κ3) is 3.53. The van der Waals surface area contributed by atoms with Gasteiger partial charge in [0.1, 0.15) is 5.82 Å². The molecule has 108 valence electrons. The highest BCUT2D eigenvalue weighted by Crippen LogP contribution is 2.12. The normalized spacial score (nSPS) is 9.86. The number of anilines is 1. The second kappa shape index (κ2) is 6.59. The van der Waals surface area contributed by atoms with Crippen LogP contribution >= 0.6 is 0 Å². The average Bonchev–Trinajstić information content (AvgIpc) is 3.08. The van der Waals surface area contributed by atoms with Crippen LogP contribution in [0.2, 0.25) is 0 Å². The van der Waals surface area contributed by atoms with Gasteiger partial charge in [-0.3, -0.25) is 0 Å². The largest absolute Gasteiger partial charge is 0.374 e. The lowest BCUT2D eigenvalue weighted by molar-refractivity contribution is 0.627. The molecular formula is C18H14FN3. The molecule has 22 heavy (non-hydrogen) atoms. The van der Waals surface area contributed by atoms with Gasteiger partial charge in [-0.25, -0.2) is 9.07 Å². The van der Waals surface area contributed by atoms with E-state index in [1.165, 1.54) is 12.1 Å². The Balaban J connectivity index is 1.57. The molecule has 0 spiro atoms. The van der Waals surface area contributed by atoms with Crippen LogP contribution in [0.3, 0.4) is 0 Å². The van der Waals surface area contributed by atoms with E-state index in [4.69, 9.17) is 0 Å². The molecule has 0 aliphatic rings. The number of hydrogen-bond acceptors (Lipinski definition) is 2. The van der Waals surface area contributed by atoms with Crippen molar-refractivity contribution in [2.75, 3.05) is 11.9 Å². The van der Waals surface area contributed by atoms with Crippen LogP contribution in [0.4, 0.5) is 10.1 Å². The molecule has 0 aliphatic carbocycles. The smallest absolute Gasteiger partial charge is 0.123 e. The second-order valence-corrected chi connectivity index (χ2v) is 4.66. The van der Waals surface area contributed by atoms with Crippen molar-refractivity contribution in [2.45, 2.75) is 0 Å². The van der Waals surface area contributed by atoms with Crippen LogP contribution in [0.15, 0.2) is 67.0 Å². The molecule has 0 radical (unpaired) electrons. The van der Waals surface area contributed by atoms with Gasteiger partial charge in [0.2, 0.25) is 0 Å². The summed E-state index contributed by atoms with van der Waals surface area (Å²) in [7, 11) is 0. The zero-order valence-corrected chi connectivity index (χ0v) is 11.8. The lowest BCUT2D eigenvalue weighted by Crippen LogP contribution is -1.99. The Morgan fingerprint density at radius 2 is 1.82 bits per heavy atom. The molecule has 2 aromatic carbocycles. The van der Waals surface area contributed by atoms with E-state index < -0.39 is 0 Å². The van der Waals surface area contributed by atoms with Gasteiger partial charge >= 0.3 is 0 Å². The fourth-order valence-electron chi connectivity index (χ4n) is 1.98. The highest BCUT2D eigenvalue weighted by molar-refractivity contribution is 5.49. The lowest BCUT2D eigenvalue weighted by atomic mass is 10.2. The van der Waals surface area contributed by atoms with Gasteiger partial charge in [-0.05, 0) is 54.6 Å². The summed E-state index contributed by atoms with van der Waals surface area (Å²) in [6, 6.07) is 16.0. The van der Waals surface area contributed by atoms with Crippen molar-refractivity contribution < 1.29 is 4.39 Å². The standard InChI is InChI=1S/C18H14FN3/c19-16-6-4-15(5-7-16)3-1-12-20-17-8-10-18(11-9-17)22-14-2-13-21-22/h2,4-11,13-14,20H,12H2. The fraction of sp³-hybridized carbons (Fsp3) is 0.0556. The predicted octanol–water partition coefficient (Wildman–Crippen LogP) is 3.48. The number of benzene rings is 2. The molecule has 0 amide bonds. The predicted molar refractivity (Wildman–Crippen MR) is 85.3 cm³/mol. The van der Waals surface area contributed by atoms with E-state index in [1.54, 1.807) is 23.0 Å². The summed E-state index contributed by atoms with van der Waals surface area (Å²) in [4.78, 5) is 0. The van der Waals surface area contributed by atoms with E-state index in [-0.39, 0.29) is 5.82 Å². The number of rotatable bonds is 3. The van der Waals surface area contributed by atoms with Crippen LogP contribution < -0.4 is 5.32 Å². The van der Waals surface area contributed by atoms with Gasteiger partial charge < -0.3 is 5.32 Å². The van der Waals surface area contributed by atoms with Gasteiger partial charge in [0.05, 0.1) is 12.2 Å². The number of aromatic nitrogens is 2. The third-order valence-corrected chi connectivity index (χ3v) is 3.09. The van der Waals surface area contributed by atoms with Crippen molar-refractivity contribution >= 4 is 5.69 Å². The topological polar surface area (TPSA) is 29.9 Å². The maximum absolute atomic E-state index is 12.8. The van der Waals surface area contributed by atoms with E-state index in [1.807, 2.05) is 36.5 Å². The molecule has 1 N–H and O–H groups in total. The van der Waals surface area contributed by atoms with E-state index in [2.05, 4.69) is 22.3 Å². The van der Waals surface area contributed by atoms with Crippen molar-refractivity contribution in [3.8, 4) is 17.5 Å². The highest BCUT2D eigenvalue weighted by Gasteiger charge is 1.95. The molecule has 3 rings (SSSR count). The van der Waals surface area contributed by atoms with Crippen LogP contribution in [-0.2, 0) is 0 Å². The third-order valence-electron chi connectivity index (χ3n) is 3.09. The molecule has 0 bridgehead atoms. The van der Waals surface area contributed by atoms with Crippen molar-refractivity contribution in [3.05, 3.63) is 78.4 Å². The SMILES string of the molecule is Fc1ccc(C#CCNc2ccc(-n3cccn3)cc2)cc1. The van der Waals surface area contributed by atoms with E-state index >= 15 is 0 Å². The van der Waals surface area contributed by atoms with Gasteiger partial charge in [0.15, 0.2) is 0 Å².